The first-order valence-corrected chi connectivity index (χ1v) is 32.1. The lowest BCUT2D eigenvalue weighted by atomic mass is 9.94. The molecule has 0 spiro atoms. The Bertz CT molecular complexity index is 2170. The predicted octanol–water partition coefficient (Wildman–Crippen LogP) is -2.87. The molecule has 21 fully saturated rings. The second-order valence-electron chi connectivity index (χ2n) is 24.1. The van der Waals surface area contributed by atoms with E-state index in [2.05, 4.69) is 0 Å². The summed E-state index contributed by atoms with van der Waals surface area (Å²) in [7, 11) is 28.5. The van der Waals surface area contributed by atoms with Crippen LogP contribution in [0.3, 0.4) is 0 Å². The molecule has 0 aromatic rings. The van der Waals surface area contributed by atoms with Crippen molar-refractivity contribution >= 4 is 0 Å². The lowest BCUT2D eigenvalue weighted by Crippen LogP contribution is -2.69. The molecule has 0 saturated carbocycles. The molecule has 4 N–H and O–H groups in total. The monoisotopic (exact) mass is 1400 g/mol. The van der Waals surface area contributed by atoms with Crippen LogP contribution in [-0.4, -0.2) is 396 Å². The Balaban J connectivity index is 1.22. The number of ether oxygens (including phenoxy) is 33. The van der Waals surface area contributed by atoms with Crippen LogP contribution in [0, 0.1) is 0 Å². The Morgan fingerprint density at radius 2 is 0.302 bits per heavy atom. The average Bonchev–Trinajstić information content (AvgIpc) is 0.770. The SMILES string of the molecule is COC[C@H]1O[C@@H]2O[C@H]3[C@H](OC)[C@@H](OC)[C@@H](O[C@H]4[C@H](OC)[C@@H](OC)[C@@H](O[C@H]5[C@H](OC)[C@@H](OC)[C@@H](O[C@H]6[C@H](OC)[C@@H](OC)[C@@H](O[C@H]7[C@H](OC)[C@@H](OC)[C@@H](O[C@H]8[C@H](OC)[C@@H](OC)[C@@H](O[C@H]1[C@H](OC)[C@H]2OC)O[C@@H]8CN)O[C@@H]7COC)O[C@@H]6COC)O[C@@H]5COC)O[C@@H]4COC)O[C@@H]3CN. The Morgan fingerprint density at radius 1 is 0.177 bits per heavy atom. The summed E-state index contributed by atoms with van der Waals surface area (Å²) in [6.07, 6.45) is -35.9. The van der Waals surface area contributed by atoms with Gasteiger partial charge in [-0.15, -0.1) is 0 Å². The van der Waals surface area contributed by atoms with E-state index in [0.29, 0.717) is 0 Å². The first-order chi connectivity index (χ1) is 46.7. The fourth-order valence-electron chi connectivity index (χ4n) is 14.6. The predicted molar refractivity (Wildman–Crippen MR) is 323 cm³/mol. The zero-order chi connectivity index (χ0) is 69.5. The second kappa shape index (κ2) is 38.9. The molecular formula is C61H110N2O33. The molecule has 0 unspecified atom stereocenters. The van der Waals surface area contributed by atoms with Crippen molar-refractivity contribution in [3.05, 3.63) is 0 Å². The van der Waals surface area contributed by atoms with E-state index in [0.717, 1.165) is 0 Å². The summed E-state index contributed by atoms with van der Waals surface area (Å²) in [4.78, 5) is 0. The molecule has 14 bridgehead atoms. The smallest absolute Gasteiger partial charge is 0.187 e. The zero-order valence-electron chi connectivity index (χ0n) is 58.8. The van der Waals surface area contributed by atoms with Gasteiger partial charge in [-0.25, -0.2) is 0 Å². The minimum Gasteiger partial charge on any atom is -0.382 e. The highest BCUT2D eigenvalue weighted by molar-refractivity contribution is 5.04. The van der Waals surface area contributed by atoms with Crippen molar-refractivity contribution in [3.8, 4) is 0 Å². The normalized spacial score (nSPS) is 46.8. The number of rotatable bonds is 26. The van der Waals surface area contributed by atoms with Gasteiger partial charge in [-0.1, -0.05) is 0 Å². The highest BCUT2D eigenvalue weighted by Gasteiger charge is 2.62. The van der Waals surface area contributed by atoms with Crippen molar-refractivity contribution in [1.82, 2.24) is 0 Å². The van der Waals surface area contributed by atoms with Crippen LogP contribution in [0.5, 0.6) is 0 Å². The van der Waals surface area contributed by atoms with E-state index in [9.17, 15) is 0 Å². The molecule has 0 aliphatic carbocycles. The summed E-state index contributed by atoms with van der Waals surface area (Å²) in [5.41, 5.74) is 13.2. The summed E-state index contributed by atoms with van der Waals surface area (Å²) in [6.45, 7) is -0.412. The zero-order valence-corrected chi connectivity index (χ0v) is 58.8. The fraction of sp³-hybridized carbons (Fsp3) is 1.00. The average molecular weight is 1400 g/mol. The summed E-state index contributed by atoms with van der Waals surface area (Å²) in [6, 6.07) is 0. The van der Waals surface area contributed by atoms with E-state index in [1.807, 2.05) is 0 Å². The first-order valence-electron chi connectivity index (χ1n) is 32.1. The topological polar surface area (TPSA) is 357 Å². The largest absolute Gasteiger partial charge is 0.382 e. The van der Waals surface area contributed by atoms with Crippen molar-refractivity contribution in [2.75, 3.05) is 181 Å². The van der Waals surface area contributed by atoms with Crippen molar-refractivity contribution < 1.29 is 156 Å². The van der Waals surface area contributed by atoms with Gasteiger partial charge in [-0.2, -0.15) is 0 Å². The third-order valence-electron chi connectivity index (χ3n) is 19.1. The van der Waals surface area contributed by atoms with E-state index in [1.54, 1.807) is 0 Å². The van der Waals surface area contributed by atoms with Gasteiger partial charge in [0.1, 0.15) is 171 Å². The molecule has 0 aromatic carbocycles. The number of hydrogen-bond acceptors (Lipinski definition) is 35. The lowest BCUT2D eigenvalue weighted by Gasteiger charge is -2.52. The number of nitrogens with two attached hydrogens (primary N) is 2. The van der Waals surface area contributed by atoms with Crippen LogP contribution in [-0.2, 0) is 156 Å². The molecule has 0 radical (unpaired) electrons. The van der Waals surface area contributed by atoms with E-state index < -0.39 is 215 Å². The number of hydrogen-bond donors (Lipinski definition) is 2. The van der Waals surface area contributed by atoms with Crippen LogP contribution >= 0.6 is 0 Å². The summed E-state index contributed by atoms with van der Waals surface area (Å²) in [5.74, 6) is 0. The molecular weight excluding hydrogens is 1290 g/mol. The van der Waals surface area contributed by atoms with Gasteiger partial charge in [0, 0.05) is 148 Å². The molecule has 21 rings (SSSR count). The fourth-order valence-corrected chi connectivity index (χ4v) is 14.6. The lowest BCUT2D eigenvalue weighted by molar-refractivity contribution is -0.402. The molecule has 0 aromatic heterocycles. The maximum atomic E-state index is 7.01. The van der Waals surface area contributed by atoms with Crippen molar-refractivity contribution in [2.45, 2.75) is 215 Å². The highest BCUT2D eigenvalue weighted by Crippen LogP contribution is 2.43. The van der Waals surface area contributed by atoms with E-state index >= 15 is 0 Å². The molecule has 35 nitrogen and oxygen atoms in total. The summed E-state index contributed by atoms with van der Waals surface area (Å²) < 4.78 is 213. The standard InChI is InChI=1S/C61H110N2O33/c1-64-22-29-36-43(71-8)50(78-15)57(85-29)90-34-27(20-62)84-56(49(77-14)41(34)69-6)93-37-30(23-65-2)87-59(52(80-17)44(37)72-9)95-39-32(25-67-4)89-61(54(82-19)46(39)74-11)96-40-33(26-68-5)88-60(53(81-18)47(40)75-12)94-38-31(24-66-3)86-58(51(79-16)45(38)73-10)91-35-28(21-63)83-55(92-36)48(76-13)42(35)70-7/h27-61H,20-26,62-63H2,1-19H3/t27-,28-,29-,30-,31-,32-,33-,34-,35-,36-,37-,38-,39-,40-,41+,42+,43+,44+,45+,46+,47+,48-,49-,50-,51-,52-,53-,54-,55-,56-,57-,58-,59-,60-,61-/m1/s1. The van der Waals surface area contributed by atoms with Crippen LogP contribution in [0.25, 0.3) is 0 Å². The Kier molecular flexibility index (Phi) is 32.6. The van der Waals surface area contributed by atoms with Crippen LogP contribution in [0.4, 0.5) is 0 Å². The van der Waals surface area contributed by atoms with Gasteiger partial charge in [0.25, 0.3) is 0 Å². The summed E-state index contributed by atoms with van der Waals surface area (Å²) >= 11 is 0. The van der Waals surface area contributed by atoms with Gasteiger partial charge in [-0.3, -0.25) is 0 Å². The Morgan fingerprint density at radius 3 is 0.417 bits per heavy atom. The molecule has 35 heteroatoms. The molecule has 35 atom stereocenters. The number of methoxy groups -OCH3 is 19. The second-order valence-corrected chi connectivity index (χ2v) is 24.1. The van der Waals surface area contributed by atoms with Gasteiger partial charge in [0.15, 0.2) is 44.0 Å². The maximum Gasteiger partial charge on any atom is 0.187 e. The Labute approximate surface area is 562 Å². The van der Waals surface area contributed by atoms with Crippen molar-refractivity contribution in [3.63, 3.8) is 0 Å². The van der Waals surface area contributed by atoms with Crippen LogP contribution in [0.2, 0.25) is 0 Å². The van der Waals surface area contributed by atoms with Gasteiger partial charge in [-0.05, 0) is 0 Å². The van der Waals surface area contributed by atoms with Crippen molar-refractivity contribution in [2.24, 2.45) is 11.5 Å². The van der Waals surface area contributed by atoms with E-state index in [-0.39, 0.29) is 46.1 Å². The third kappa shape index (κ3) is 17.0. The minimum absolute atomic E-state index is 0.0386. The van der Waals surface area contributed by atoms with Gasteiger partial charge < -0.3 is 168 Å². The molecule has 562 valence electrons. The molecule has 21 saturated heterocycles. The quantitative estimate of drug-likeness (QED) is 0.0879. The molecule has 96 heavy (non-hydrogen) atoms. The molecule has 21 heterocycles. The van der Waals surface area contributed by atoms with Crippen LogP contribution in [0.15, 0.2) is 0 Å². The van der Waals surface area contributed by atoms with Crippen LogP contribution in [0.1, 0.15) is 0 Å². The molecule has 0 amide bonds. The molecule has 21 aliphatic heterocycles. The van der Waals surface area contributed by atoms with Gasteiger partial charge in [0.05, 0.1) is 33.0 Å². The molecule has 21 aliphatic rings. The minimum atomic E-state index is -1.22. The highest BCUT2D eigenvalue weighted by atomic mass is 16.8. The first kappa shape index (κ1) is 80.3. The summed E-state index contributed by atoms with van der Waals surface area (Å²) in [5, 5.41) is 0. The van der Waals surface area contributed by atoms with Gasteiger partial charge >= 0.3 is 0 Å². The van der Waals surface area contributed by atoms with Gasteiger partial charge in [0.2, 0.25) is 0 Å². The van der Waals surface area contributed by atoms with E-state index in [4.69, 9.17) is 168 Å². The van der Waals surface area contributed by atoms with Crippen molar-refractivity contribution in [1.29, 1.82) is 0 Å². The third-order valence-corrected chi connectivity index (χ3v) is 19.1. The van der Waals surface area contributed by atoms with Crippen LogP contribution < -0.4 is 11.5 Å². The Hall–Kier alpha value is -1.40. The maximum absolute atomic E-state index is 7.01. The van der Waals surface area contributed by atoms with E-state index in [1.165, 1.54) is 135 Å².